The summed E-state index contributed by atoms with van der Waals surface area (Å²) in [5.74, 6) is -0.0301. The van der Waals surface area contributed by atoms with E-state index in [2.05, 4.69) is 10.1 Å². The van der Waals surface area contributed by atoms with Gasteiger partial charge in [0.25, 0.3) is 5.91 Å². The van der Waals surface area contributed by atoms with Gasteiger partial charge in [-0.25, -0.2) is 4.98 Å². The molecule has 2 aromatic rings. The van der Waals surface area contributed by atoms with Gasteiger partial charge in [0.15, 0.2) is 0 Å². The van der Waals surface area contributed by atoms with Crippen molar-refractivity contribution in [2.24, 2.45) is 7.05 Å². The molecule has 1 atom stereocenters. The number of nitrogens with zero attached hydrogens (tertiary/aromatic N) is 4. The summed E-state index contributed by atoms with van der Waals surface area (Å²) in [6.07, 6.45) is -0.0254. The van der Waals surface area contributed by atoms with Crippen molar-refractivity contribution in [3.05, 3.63) is 33.0 Å². The fourth-order valence-electron chi connectivity index (χ4n) is 2.27. The Morgan fingerprint density at radius 3 is 2.73 bits per heavy atom. The maximum absolute atomic E-state index is 12.6. The van der Waals surface area contributed by atoms with Crippen molar-refractivity contribution in [3.8, 4) is 0 Å². The van der Waals surface area contributed by atoms with Crippen LogP contribution in [0.2, 0.25) is 0 Å². The summed E-state index contributed by atoms with van der Waals surface area (Å²) in [4.78, 5) is 18.8. The average Bonchev–Trinajstić information content (AvgIpc) is 3.03. The Labute approximate surface area is 134 Å². The Morgan fingerprint density at radius 1 is 1.50 bits per heavy atom. The Morgan fingerprint density at radius 2 is 2.18 bits per heavy atom. The number of amides is 1. The fraction of sp³-hybridized carbons (Fsp3) is 0.533. The monoisotopic (exact) mass is 322 g/mol. The van der Waals surface area contributed by atoms with Crippen LogP contribution in [-0.2, 0) is 18.3 Å². The first kappa shape index (κ1) is 16.6. The number of thiazole rings is 1. The third-order valence-corrected chi connectivity index (χ3v) is 4.79. The van der Waals surface area contributed by atoms with Crippen LogP contribution >= 0.6 is 11.3 Å². The van der Waals surface area contributed by atoms with E-state index in [4.69, 9.17) is 4.74 Å². The number of carbonyl (C=O) groups excluding carboxylic acids is 1. The van der Waals surface area contributed by atoms with Crippen LogP contribution in [0.3, 0.4) is 0 Å². The molecule has 2 rings (SSSR count). The van der Waals surface area contributed by atoms with E-state index in [1.165, 1.54) is 0 Å². The molecule has 0 aliphatic rings. The van der Waals surface area contributed by atoms with Gasteiger partial charge in [-0.15, -0.1) is 11.3 Å². The molecule has 1 amide bonds. The molecule has 0 unspecified atom stereocenters. The van der Waals surface area contributed by atoms with E-state index in [9.17, 15) is 4.79 Å². The standard InChI is InChI=1S/C15H22N4O2S/c1-9-13(10(2)19(5)17-9)15(20)18(4)7-12-8-22-14(16-12)11(3)21-6/h8,11H,7H2,1-6H3/t11-/m0/s1. The molecule has 7 heteroatoms. The highest BCUT2D eigenvalue weighted by Gasteiger charge is 2.21. The molecule has 0 aromatic carbocycles. The van der Waals surface area contributed by atoms with Gasteiger partial charge in [-0.1, -0.05) is 0 Å². The second-order valence-electron chi connectivity index (χ2n) is 5.39. The average molecular weight is 322 g/mol. The van der Waals surface area contributed by atoms with Crippen LogP contribution in [0.5, 0.6) is 0 Å². The van der Waals surface area contributed by atoms with E-state index < -0.39 is 0 Å². The van der Waals surface area contributed by atoms with Crippen molar-refractivity contribution in [1.29, 1.82) is 0 Å². The van der Waals surface area contributed by atoms with E-state index in [1.54, 1.807) is 35.1 Å². The molecule has 0 bridgehead atoms. The van der Waals surface area contributed by atoms with Crippen molar-refractivity contribution < 1.29 is 9.53 Å². The number of hydrogen-bond donors (Lipinski definition) is 0. The Bertz CT molecular complexity index is 677. The van der Waals surface area contributed by atoms with E-state index in [1.807, 2.05) is 33.2 Å². The molecule has 0 saturated heterocycles. The van der Waals surface area contributed by atoms with Gasteiger partial charge >= 0.3 is 0 Å². The lowest BCUT2D eigenvalue weighted by molar-refractivity contribution is 0.0781. The van der Waals surface area contributed by atoms with E-state index in [-0.39, 0.29) is 12.0 Å². The Kier molecular flexibility index (Phi) is 4.97. The molecule has 2 heterocycles. The number of carbonyl (C=O) groups is 1. The first-order valence-electron chi connectivity index (χ1n) is 7.07. The fourth-order valence-corrected chi connectivity index (χ4v) is 3.11. The molecule has 0 aliphatic carbocycles. The number of hydrogen-bond acceptors (Lipinski definition) is 5. The SMILES string of the molecule is CO[C@@H](C)c1nc(CN(C)C(=O)c2c(C)nn(C)c2C)cs1. The van der Waals surface area contributed by atoms with E-state index in [0.29, 0.717) is 12.1 Å². The van der Waals surface area contributed by atoms with Crippen molar-refractivity contribution >= 4 is 17.2 Å². The Balaban J connectivity index is 2.13. The molecule has 0 fully saturated rings. The van der Waals surface area contributed by atoms with Crippen LogP contribution in [0.4, 0.5) is 0 Å². The second-order valence-corrected chi connectivity index (χ2v) is 6.28. The number of aromatic nitrogens is 3. The van der Waals surface area contributed by atoms with Crippen LogP contribution in [0.25, 0.3) is 0 Å². The summed E-state index contributed by atoms with van der Waals surface area (Å²) >= 11 is 1.55. The number of aryl methyl sites for hydroxylation is 2. The molecule has 6 nitrogen and oxygen atoms in total. The first-order valence-corrected chi connectivity index (χ1v) is 7.95. The molecule has 120 valence electrons. The third-order valence-electron chi connectivity index (χ3n) is 3.74. The highest BCUT2D eigenvalue weighted by molar-refractivity contribution is 7.09. The normalized spacial score (nSPS) is 12.5. The summed E-state index contributed by atoms with van der Waals surface area (Å²) in [5.41, 5.74) is 3.18. The topological polar surface area (TPSA) is 60.2 Å². The summed E-state index contributed by atoms with van der Waals surface area (Å²) in [7, 11) is 5.29. The third kappa shape index (κ3) is 3.20. The number of methoxy groups -OCH3 is 1. The van der Waals surface area contributed by atoms with Crippen LogP contribution < -0.4 is 0 Å². The molecule has 0 spiro atoms. The zero-order chi connectivity index (χ0) is 16.4. The highest BCUT2D eigenvalue weighted by atomic mass is 32.1. The van der Waals surface area contributed by atoms with Crippen molar-refractivity contribution in [3.63, 3.8) is 0 Å². The van der Waals surface area contributed by atoms with Gasteiger partial charge in [0.2, 0.25) is 0 Å². The molecule has 22 heavy (non-hydrogen) atoms. The first-order chi connectivity index (χ1) is 10.3. The molecular formula is C15H22N4O2S. The largest absolute Gasteiger partial charge is 0.375 e. The Hall–Kier alpha value is -1.73. The maximum atomic E-state index is 12.6. The van der Waals surface area contributed by atoms with Gasteiger partial charge in [-0.2, -0.15) is 5.10 Å². The van der Waals surface area contributed by atoms with Crippen LogP contribution in [0, 0.1) is 13.8 Å². The number of ether oxygens (including phenoxy) is 1. The molecule has 0 N–H and O–H groups in total. The quantitative estimate of drug-likeness (QED) is 0.848. The van der Waals surface area contributed by atoms with Gasteiger partial charge < -0.3 is 9.64 Å². The lowest BCUT2D eigenvalue weighted by atomic mass is 10.1. The molecule has 0 aliphatic heterocycles. The molecular weight excluding hydrogens is 300 g/mol. The maximum Gasteiger partial charge on any atom is 0.257 e. The van der Waals surface area contributed by atoms with Gasteiger partial charge in [0.1, 0.15) is 11.1 Å². The number of rotatable bonds is 5. The van der Waals surface area contributed by atoms with Gasteiger partial charge in [0, 0.05) is 32.3 Å². The van der Waals surface area contributed by atoms with Crippen LogP contribution in [0.15, 0.2) is 5.38 Å². The van der Waals surface area contributed by atoms with Crippen molar-refractivity contribution in [2.75, 3.05) is 14.2 Å². The van der Waals surface area contributed by atoms with Crippen LogP contribution in [-0.4, -0.2) is 39.7 Å². The minimum Gasteiger partial charge on any atom is -0.375 e. The summed E-state index contributed by atoms with van der Waals surface area (Å²) in [6, 6.07) is 0. The van der Waals surface area contributed by atoms with Crippen LogP contribution in [0.1, 0.15) is 45.5 Å². The molecule has 0 saturated carbocycles. The predicted molar refractivity (Wildman–Crippen MR) is 86.0 cm³/mol. The van der Waals surface area contributed by atoms with Crippen molar-refractivity contribution in [2.45, 2.75) is 33.4 Å². The lowest BCUT2D eigenvalue weighted by Gasteiger charge is -2.16. The van der Waals surface area contributed by atoms with Gasteiger partial charge in [-0.3, -0.25) is 9.48 Å². The predicted octanol–water partition coefficient (Wildman–Crippen LogP) is 2.47. The molecule has 2 aromatic heterocycles. The van der Waals surface area contributed by atoms with Crippen molar-refractivity contribution in [1.82, 2.24) is 19.7 Å². The van der Waals surface area contributed by atoms with Gasteiger partial charge in [-0.05, 0) is 20.8 Å². The lowest BCUT2D eigenvalue weighted by Crippen LogP contribution is -2.27. The summed E-state index contributed by atoms with van der Waals surface area (Å²) in [6.45, 7) is 6.19. The summed E-state index contributed by atoms with van der Waals surface area (Å²) < 4.78 is 7.00. The highest BCUT2D eigenvalue weighted by Crippen LogP contribution is 2.22. The van der Waals surface area contributed by atoms with E-state index >= 15 is 0 Å². The van der Waals surface area contributed by atoms with Gasteiger partial charge in [0.05, 0.1) is 23.5 Å². The second kappa shape index (κ2) is 6.58. The minimum atomic E-state index is -0.0301. The zero-order valence-electron chi connectivity index (χ0n) is 13.9. The smallest absolute Gasteiger partial charge is 0.257 e. The molecule has 0 radical (unpaired) electrons. The zero-order valence-corrected chi connectivity index (χ0v) is 14.7. The minimum absolute atomic E-state index is 0.0254. The van der Waals surface area contributed by atoms with E-state index in [0.717, 1.165) is 22.1 Å². The summed E-state index contributed by atoms with van der Waals surface area (Å²) in [5, 5.41) is 7.19.